The molecule has 1 aromatic carbocycles. The van der Waals surface area contributed by atoms with Crippen LogP contribution in [0.15, 0.2) is 18.2 Å². The first-order valence-corrected chi connectivity index (χ1v) is 6.25. The number of halogens is 1. The molecular weight excluding hydrogens is 231 g/mol. The topological polar surface area (TPSA) is 26.7 Å². The Hall–Kier alpha value is -1.13. The zero-order chi connectivity index (χ0) is 13.7. The summed E-state index contributed by atoms with van der Waals surface area (Å²) in [6, 6.07) is 4.92. The lowest BCUT2D eigenvalue weighted by Gasteiger charge is -2.24. The van der Waals surface area contributed by atoms with Gasteiger partial charge in [-0.25, -0.2) is 4.39 Å². The molecule has 0 aliphatic carbocycles. The van der Waals surface area contributed by atoms with Crippen LogP contribution in [-0.4, -0.2) is 44.2 Å². The molecule has 0 aliphatic rings. The lowest BCUT2D eigenvalue weighted by molar-refractivity contribution is 0.194. The van der Waals surface area contributed by atoms with Crippen molar-refractivity contribution in [1.29, 1.82) is 0 Å². The summed E-state index contributed by atoms with van der Waals surface area (Å²) in [5.41, 5.74) is 1.15. The fourth-order valence-corrected chi connectivity index (χ4v) is 2.02. The Kier molecular flexibility index (Phi) is 5.56. The monoisotopic (exact) mass is 254 g/mol. The van der Waals surface area contributed by atoms with Crippen molar-refractivity contribution in [2.24, 2.45) is 0 Å². The Morgan fingerprint density at radius 1 is 1.22 bits per heavy atom. The van der Waals surface area contributed by atoms with Gasteiger partial charge in [0.25, 0.3) is 0 Å². The van der Waals surface area contributed by atoms with Crippen LogP contribution in [0.1, 0.15) is 25.0 Å². The van der Waals surface area contributed by atoms with E-state index >= 15 is 0 Å². The van der Waals surface area contributed by atoms with Gasteiger partial charge in [-0.1, -0.05) is 6.07 Å². The molecule has 3 nitrogen and oxygen atoms in total. The van der Waals surface area contributed by atoms with Gasteiger partial charge in [-0.3, -0.25) is 0 Å². The highest BCUT2D eigenvalue weighted by molar-refractivity contribution is 5.54. The van der Waals surface area contributed by atoms with E-state index in [0.717, 1.165) is 25.2 Å². The standard InChI is InChI=1S/C14H23FN2O/c1-11(18)14-12(15)7-5-8-13(14)17(4)10-6-9-16(2)3/h5,7-8,11,18H,6,9-10H2,1-4H3. The summed E-state index contributed by atoms with van der Waals surface area (Å²) in [5.74, 6) is -0.345. The average molecular weight is 254 g/mol. The SMILES string of the molecule is CC(O)c1c(F)cccc1N(C)CCCN(C)C. The van der Waals surface area contributed by atoms with Gasteiger partial charge in [0.15, 0.2) is 0 Å². The second-order valence-electron chi connectivity index (χ2n) is 4.93. The minimum absolute atomic E-state index is 0.345. The number of nitrogens with zero attached hydrogens (tertiary/aromatic N) is 2. The summed E-state index contributed by atoms with van der Waals surface area (Å²) in [6.07, 6.45) is 0.205. The molecule has 0 saturated carbocycles. The molecule has 1 rings (SSSR count). The van der Waals surface area contributed by atoms with Crippen LogP contribution in [0.4, 0.5) is 10.1 Å². The van der Waals surface area contributed by atoms with Gasteiger partial charge < -0.3 is 14.9 Å². The molecule has 4 heteroatoms. The van der Waals surface area contributed by atoms with E-state index in [2.05, 4.69) is 4.90 Å². The van der Waals surface area contributed by atoms with Crippen LogP contribution < -0.4 is 4.90 Å². The summed E-state index contributed by atoms with van der Waals surface area (Å²) < 4.78 is 13.7. The molecule has 1 aromatic rings. The smallest absolute Gasteiger partial charge is 0.131 e. The third kappa shape index (κ3) is 3.96. The Labute approximate surface area is 109 Å². The number of aliphatic hydroxyl groups excluding tert-OH is 1. The average Bonchev–Trinajstić information content (AvgIpc) is 2.27. The summed E-state index contributed by atoms with van der Waals surface area (Å²) in [5, 5.41) is 9.67. The number of hydrogen-bond acceptors (Lipinski definition) is 3. The van der Waals surface area contributed by atoms with E-state index in [0.29, 0.717) is 5.56 Å². The number of benzene rings is 1. The summed E-state index contributed by atoms with van der Waals surface area (Å²) >= 11 is 0. The third-order valence-corrected chi connectivity index (χ3v) is 2.96. The van der Waals surface area contributed by atoms with Crippen LogP contribution in [0.5, 0.6) is 0 Å². The minimum atomic E-state index is -0.794. The van der Waals surface area contributed by atoms with Crippen molar-refractivity contribution in [2.45, 2.75) is 19.4 Å². The minimum Gasteiger partial charge on any atom is -0.389 e. The molecular formula is C14H23FN2O. The van der Waals surface area contributed by atoms with Crippen molar-refractivity contribution in [1.82, 2.24) is 4.90 Å². The van der Waals surface area contributed by atoms with Gasteiger partial charge >= 0.3 is 0 Å². The Bertz CT molecular complexity index is 380. The molecule has 0 saturated heterocycles. The predicted molar refractivity (Wildman–Crippen MR) is 73.5 cm³/mol. The molecule has 1 atom stereocenters. The van der Waals surface area contributed by atoms with E-state index in [1.54, 1.807) is 13.0 Å². The van der Waals surface area contributed by atoms with Crippen LogP contribution in [-0.2, 0) is 0 Å². The maximum absolute atomic E-state index is 13.7. The van der Waals surface area contributed by atoms with Gasteiger partial charge in [0.1, 0.15) is 5.82 Å². The lowest BCUT2D eigenvalue weighted by Crippen LogP contribution is -2.24. The highest BCUT2D eigenvalue weighted by Crippen LogP contribution is 2.28. The molecule has 0 amide bonds. The molecule has 0 radical (unpaired) electrons. The normalized spacial score (nSPS) is 12.8. The number of anilines is 1. The largest absolute Gasteiger partial charge is 0.389 e. The Balaban J connectivity index is 2.78. The molecule has 1 N–H and O–H groups in total. The van der Waals surface area contributed by atoms with Gasteiger partial charge in [0, 0.05) is 24.8 Å². The van der Waals surface area contributed by atoms with Crippen LogP contribution in [0.25, 0.3) is 0 Å². The molecule has 102 valence electrons. The van der Waals surface area contributed by atoms with E-state index in [1.807, 2.05) is 32.1 Å². The van der Waals surface area contributed by atoms with Crippen molar-refractivity contribution in [2.75, 3.05) is 39.1 Å². The van der Waals surface area contributed by atoms with Gasteiger partial charge in [0.05, 0.1) is 6.10 Å². The summed E-state index contributed by atoms with van der Waals surface area (Å²) in [6.45, 7) is 3.42. The zero-order valence-corrected chi connectivity index (χ0v) is 11.7. The second kappa shape index (κ2) is 6.71. The Morgan fingerprint density at radius 2 is 1.89 bits per heavy atom. The van der Waals surface area contributed by atoms with E-state index in [1.165, 1.54) is 6.07 Å². The maximum atomic E-state index is 13.7. The zero-order valence-electron chi connectivity index (χ0n) is 11.7. The van der Waals surface area contributed by atoms with E-state index in [-0.39, 0.29) is 5.82 Å². The molecule has 18 heavy (non-hydrogen) atoms. The van der Waals surface area contributed by atoms with E-state index < -0.39 is 6.10 Å². The van der Waals surface area contributed by atoms with Crippen molar-refractivity contribution >= 4 is 5.69 Å². The van der Waals surface area contributed by atoms with Crippen molar-refractivity contribution in [3.8, 4) is 0 Å². The number of aliphatic hydroxyl groups is 1. The predicted octanol–water partition coefficient (Wildman–Crippen LogP) is 2.27. The van der Waals surface area contributed by atoms with E-state index in [4.69, 9.17) is 0 Å². The molecule has 0 spiro atoms. The van der Waals surface area contributed by atoms with Crippen LogP contribution >= 0.6 is 0 Å². The first kappa shape index (κ1) is 14.9. The van der Waals surface area contributed by atoms with Gasteiger partial charge in [-0.15, -0.1) is 0 Å². The molecule has 1 unspecified atom stereocenters. The molecule has 0 aromatic heterocycles. The fraction of sp³-hybridized carbons (Fsp3) is 0.571. The Morgan fingerprint density at radius 3 is 2.44 bits per heavy atom. The van der Waals surface area contributed by atoms with E-state index in [9.17, 15) is 9.50 Å². The highest BCUT2D eigenvalue weighted by atomic mass is 19.1. The number of hydrogen-bond donors (Lipinski definition) is 1. The van der Waals surface area contributed by atoms with Crippen LogP contribution in [0.2, 0.25) is 0 Å². The van der Waals surface area contributed by atoms with Crippen molar-refractivity contribution in [3.05, 3.63) is 29.6 Å². The van der Waals surface area contributed by atoms with Crippen LogP contribution in [0.3, 0.4) is 0 Å². The first-order valence-electron chi connectivity index (χ1n) is 6.25. The molecule has 0 aliphatic heterocycles. The quantitative estimate of drug-likeness (QED) is 0.843. The maximum Gasteiger partial charge on any atom is 0.131 e. The molecule has 0 fully saturated rings. The van der Waals surface area contributed by atoms with Crippen molar-refractivity contribution < 1.29 is 9.50 Å². The fourth-order valence-electron chi connectivity index (χ4n) is 2.02. The highest BCUT2D eigenvalue weighted by Gasteiger charge is 2.15. The molecule has 0 heterocycles. The second-order valence-corrected chi connectivity index (χ2v) is 4.93. The summed E-state index contributed by atoms with van der Waals surface area (Å²) in [4.78, 5) is 4.11. The molecule has 0 bridgehead atoms. The van der Waals surface area contributed by atoms with Gasteiger partial charge in [-0.05, 0) is 46.1 Å². The van der Waals surface area contributed by atoms with Gasteiger partial charge in [-0.2, -0.15) is 0 Å². The summed E-state index contributed by atoms with van der Waals surface area (Å²) in [7, 11) is 5.99. The van der Waals surface area contributed by atoms with Crippen LogP contribution in [0, 0.1) is 5.82 Å². The lowest BCUT2D eigenvalue weighted by atomic mass is 10.1. The van der Waals surface area contributed by atoms with Crippen molar-refractivity contribution in [3.63, 3.8) is 0 Å². The third-order valence-electron chi connectivity index (χ3n) is 2.96. The number of rotatable bonds is 6. The van der Waals surface area contributed by atoms with Gasteiger partial charge in [0.2, 0.25) is 0 Å². The first-order chi connectivity index (χ1) is 8.43.